The van der Waals surface area contributed by atoms with Crippen molar-refractivity contribution >= 4 is 35.8 Å². The average molecular weight is 466 g/mol. The predicted octanol–water partition coefficient (Wildman–Crippen LogP) is 2.54. The normalized spacial score (nSPS) is 14.4. The lowest BCUT2D eigenvalue weighted by atomic mass is 9.97. The smallest absolute Gasteiger partial charge is 0.243 e. The summed E-state index contributed by atoms with van der Waals surface area (Å²) in [6.45, 7) is 5.26. The van der Waals surface area contributed by atoms with Gasteiger partial charge in [-0.05, 0) is 45.4 Å². The van der Waals surface area contributed by atoms with Gasteiger partial charge < -0.3 is 20.3 Å². The second kappa shape index (κ2) is 15.4. The molecule has 0 aromatic heterocycles. The van der Waals surface area contributed by atoms with Gasteiger partial charge in [0.1, 0.15) is 6.54 Å². The van der Waals surface area contributed by atoms with E-state index in [4.69, 9.17) is 4.74 Å². The van der Waals surface area contributed by atoms with Gasteiger partial charge in [0, 0.05) is 40.4 Å². The summed E-state index contributed by atoms with van der Waals surface area (Å²) in [5, 5.41) is 6.62. The van der Waals surface area contributed by atoms with Crippen molar-refractivity contribution < 1.29 is 9.53 Å². The Balaban J connectivity index is 0.00000576. The van der Waals surface area contributed by atoms with Crippen LogP contribution >= 0.6 is 24.0 Å². The molecule has 0 fully saturated rings. The van der Waals surface area contributed by atoms with Gasteiger partial charge in [-0.25, -0.2) is 4.99 Å². The van der Waals surface area contributed by atoms with Crippen molar-refractivity contribution in [1.29, 1.82) is 0 Å². The first-order valence-electron chi connectivity index (χ1n) is 9.11. The molecule has 0 aliphatic heterocycles. The van der Waals surface area contributed by atoms with Crippen LogP contribution in [0.2, 0.25) is 0 Å². The lowest BCUT2D eigenvalue weighted by molar-refractivity contribution is -0.127. The number of nitrogens with zero attached hydrogens (tertiary/aromatic N) is 2. The second-order valence-corrected chi connectivity index (χ2v) is 6.22. The maximum Gasteiger partial charge on any atom is 0.243 e. The van der Waals surface area contributed by atoms with Crippen molar-refractivity contribution in [3.8, 4) is 0 Å². The lowest BCUT2D eigenvalue weighted by Gasteiger charge is -2.16. The van der Waals surface area contributed by atoms with Crippen molar-refractivity contribution in [2.45, 2.75) is 45.4 Å². The molecule has 0 radical (unpaired) electrons. The summed E-state index contributed by atoms with van der Waals surface area (Å²) in [6, 6.07) is 0. The Morgan fingerprint density at radius 1 is 1.28 bits per heavy atom. The Morgan fingerprint density at radius 2 is 2.04 bits per heavy atom. The zero-order valence-corrected chi connectivity index (χ0v) is 18.3. The Kier molecular flexibility index (Phi) is 14.9. The minimum Gasteiger partial charge on any atom is -0.382 e. The van der Waals surface area contributed by atoms with Crippen LogP contribution in [0.25, 0.3) is 0 Å². The van der Waals surface area contributed by atoms with Crippen molar-refractivity contribution in [1.82, 2.24) is 15.5 Å². The SMILES string of the molecule is CCOCCCNC(=NCC(=O)N(C)C)NCCC1=CCCCC1.I. The first-order valence-corrected chi connectivity index (χ1v) is 9.11. The van der Waals surface area contributed by atoms with Crippen LogP contribution in [0.5, 0.6) is 0 Å². The van der Waals surface area contributed by atoms with Gasteiger partial charge in [0.25, 0.3) is 0 Å². The third-order valence-corrected chi connectivity index (χ3v) is 3.96. The van der Waals surface area contributed by atoms with Gasteiger partial charge >= 0.3 is 0 Å². The summed E-state index contributed by atoms with van der Waals surface area (Å²) >= 11 is 0. The number of carbonyl (C=O) groups excluding carboxylic acids is 1. The molecule has 2 N–H and O–H groups in total. The summed E-state index contributed by atoms with van der Waals surface area (Å²) in [6.07, 6.45) is 9.38. The summed E-state index contributed by atoms with van der Waals surface area (Å²) in [7, 11) is 3.49. The Bertz CT molecular complexity index is 425. The van der Waals surface area contributed by atoms with E-state index in [9.17, 15) is 4.79 Å². The van der Waals surface area contributed by atoms with Gasteiger partial charge in [-0.1, -0.05) is 11.6 Å². The van der Waals surface area contributed by atoms with Crippen LogP contribution in [0.1, 0.15) is 45.4 Å². The van der Waals surface area contributed by atoms with Gasteiger partial charge in [0.2, 0.25) is 5.91 Å². The number of nitrogens with one attached hydrogen (secondary N) is 2. The number of rotatable bonds is 10. The number of likely N-dealkylation sites (N-methyl/N-ethyl adjacent to an activating group) is 1. The van der Waals surface area contributed by atoms with Crippen LogP contribution in [0.4, 0.5) is 0 Å². The Hall–Kier alpha value is -0.830. The summed E-state index contributed by atoms with van der Waals surface area (Å²) in [5.74, 6) is 0.707. The van der Waals surface area contributed by atoms with E-state index < -0.39 is 0 Å². The summed E-state index contributed by atoms with van der Waals surface area (Å²) in [4.78, 5) is 17.7. The van der Waals surface area contributed by atoms with E-state index in [2.05, 4.69) is 21.7 Å². The number of amides is 1. The van der Waals surface area contributed by atoms with E-state index in [1.54, 1.807) is 19.0 Å². The molecule has 0 aromatic carbocycles. The first-order chi connectivity index (χ1) is 11.6. The van der Waals surface area contributed by atoms with Gasteiger partial charge in [0.15, 0.2) is 5.96 Å². The molecule has 0 unspecified atom stereocenters. The Morgan fingerprint density at radius 3 is 2.68 bits per heavy atom. The molecule has 0 atom stereocenters. The molecule has 1 rings (SSSR count). The van der Waals surface area contributed by atoms with Gasteiger partial charge in [0.05, 0.1) is 0 Å². The van der Waals surface area contributed by atoms with E-state index in [0.29, 0.717) is 5.96 Å². The number of halogens is 1. The molecule has 0 spiro atoms. The highest BCUT2D eigenvalue weighted by Crippen LogP contribution is 2.19. The van der Waals surface area contributed by atoms with Gasteiger partial charge in [-0.15, -0.1) is 24.0 Å². The monoisotopic (exact) mass is 466 g/mol. The number of aliphatic imine (C=N–C) groups is 1. The van der Waals surface area contributed by atoms with Crippen LogP contribution < -0.4 is 10.6 Å². The molecule has 0 saturated heterocycles. The summed E-state index contributed by atoms with van der Waals surface area (Å²) in [5.41, 5.74) is 1.54. The third-order valence-electron chi connectivity index (χ3n) is 3.96. The number of ether oxygens (including phenoxy) is 1. The number of allylic oxidation sites excluding steroid dienone is 1. The molecule has 25 heavy (non-hydrogen) atoms. The minimum atomic E-state index is 0. The van der Waals surface area contributed by atoms with E-state index in [0.717, 1.165) is 39.1 Å². The molecule has 1 aliphatic rings. The fourth-order valence-corrected chi connectivity index (χ4v) is 2.46. The largest absolute Gasteiger partial charge is 0.382 e. The molecule has 0 aromatic rings. The average Bonchev–Trinajstić information content (AvgIpc) is 2.59. The highest BCUT2D eigenvalue weighted by molar-refractivity contribution is 14.0. The van der Waals surface area contributed by atoms with E-state index in [1.165, 1.54) is 31.3 Å². The standard InChI is InChI=1S/C18H34N4O2.HI/c1-4-24-14-8-12-19-18(21-15-17(23)22(2)3)20-13-11-16-9-6-5-7-10-16;/h9H,4-8,10-15H2,1-3H3,(H2,19,20,21);1H. The third kappa shape index (κ3) is 12.2. The molecule has 0 heterocycles. The van der Waals surface area contributed by atoms with E-state index in [1.807, 2.05) is 6.92 Å². The Labute approximate surface area is 169 Å². The van der Waals surface area contributed by atoms with Crippen LogP contribution in [0.15, 0.2) is 16.6 Å². The lowest BCUT2D eigenvalue weighted by Crippen LogP contribution is -2.39. The molecule has 146 valence electrons. The zero-order chi connectivity index (χ0) is 17.6. The number of hydrogen-bond acceptors (Lipinski definition) is 3. The fourth-order valence-electron chi connectivity index (χ4n) is 2.46. The van der Waals surface area contributed by atoms with E-state index in [-0.39, 0.29) is 36.4 Å². The highest BCUT2D eigenvalue weighted by Gasteiger charge is 2.06. The number of hydrogen-bond donors (Lipinski definition) is 2. The first kappa shape index (κ1) is 24.2. The van der Waals surface area contributed by atoms with Crippen LogP contribution in [0.3, 0.4) is 0 Å². The highest BCUT2D eigenvalue weighted by atomic mass is 127. The second-order valence-electron chi connectivity index (χ2n) is 6.22. The van der Waals surface area contributed by atoms with Crippen molar-refractivity contribution in [2.75, 3.05) is 46.9 Å². The van der Waals surface area contributed by atoms with Crippen LogP contribution in [-0.2, 0) is 9.53 Å². The number of carbonyl (C=O) groups is 1. The van der Waals surface area contributed by atoms with Crippen LogP contribution in [-0.4, -0.2) is 63.7 Å². The number of guanidine groups is 1. The molecular weight excluding hydrogens is 431 g/mol. The summed E-state index contributed by atoms with van der Waals surface area (Å²) < 4.78 is 5.34. The molecule has 0 saturated carbocycles. The molecule has 0 bridgehead atoms. The van der Waals surface area contributed by atoms with Crippen LogP contribution in [0, 0.1) is 0 Å². The van der Waals surface area contributed by atoms with E-state index >= 15 is 0 Å². The van der Waals surface area contributed by atoms with Gasteiger partial charge in [-0.2, -0.15) is 0 Å². The van der Waals surface area contributed by atoms with Gasteiger partial charge in [-0.3, -0.25) is 4.79 Å². The molecule has 1 aliphatic carbocycles. The quantitative estimate of drug-likeness (QED) is 0.171. The van der Waals surface area contributed by atoms with Crippen molar-refractivity contribution in [2.24, 2.45) is 4.99 Å². The maximum absolute atomic E-state index is 11.7. The van der Waals surface area contributed by atoms with Crippen molar-refractivity contribution in [3.63, 3.8) is 0 Å². The molecular formula is C18H35IN4O2. The molecule has 7 heteroatoms. The zero-order valence-electron chi connectivity index (χ0n) is 16.0. The maximum atomic E-state index is 11.7. The molecule has 1 amide bonds. The predicted molar refractivity (Wildman–Crippen MR) is 115 cm³/mol. The minimum absolute atomic E-state index is 0. The van der Waals surface area contributed by atoms with Crippen molar-refractivity contribution in [3.05, 3.63) is 11.6 Å². The molecule has 6 nitrogen and oxygen atoms in total. The topological polar surface area (TPSA) is 66.0 Å². The fraction of sp³-hybridized carbons (Fsp3) is 0.778.